The molecule has 19 heavy (non-hydrogen) atoms. The van der Waals surface area contributed by atoms with Gasteiger partial charge >= 0.3 is 0 Å². The number of rotatable bonds is 5. The van der Waals surface area contributed by atoms with E-state index >= 15 is 0 Å². The van der Waals surface area contributed by atoms with Crippen molar-refractivity contribution in [2.24, 2.45) is 5.92 Å². The van der Waals surface area contributed by atoms with Crippen molar-refractivity contribution in [3.05, 3.63) is 0 Å². The molecule has 1 aliphatic rings. The minimum Gasteiger partial charge on any atom is -0.301 e. The van der Waals surface area contributed by atoms with Gasteiger partial charge in [0, 0.05) is 38.8 Å². The van der Waals surface area contributed by atoms with Crippen LogP contribution < -0.4 is 0 Å². The molecule has 0 aliphatic carbocycles. The van der Waals surface area contributed by atoms with Gasteiger partial charge in [0.25, 0.3) is 0 Å². The number of hydrogen-bond donors (Lipinski definition) is 0. The monoisotopic (exact) mass is 269 g/mol. The average Bonchev–Trinajstić information content (AvgIpc) is 2.46. The van der Waals surface area contributed by atoms with Crippen LogP contribution in [-0.2, 0) is 0 Å². The normalized spacial score (nSPS) is 25.3. The Morgan fingerprint density at radius 2 is 1.42 bits per heavy atom. The maximum atomic E-state index is 2.70. The van der Waals surface area contributed by atoms with Crippen LogP contribution in [0.15, 0.2) is 0 Å². The molecule has 1 atom stereocenters. The van der Waals surface area contributed by atoms with E-state index in [1.165, 1.54) is 58.8 Å². The van der Waals surface area contributed by atoms with Crippen molar-refractivity contribution >= 4 is 0 Å². The maximum Gasteiger partial charge on any atom is 0.0226 e. The Labute approximate surface area is 120 Å². The summed E-state index contributed by atoms with van der Waals surface area (Å²) < 4.78 is 0. The highest BCUT2D eigenvalue weighted by atomic mass is 15.3. The number of hydrogen-bond acceptors (Lipinski definition) is 3. The predicted molar refractivity (Wildman–Crippen MR) is 84.7 cm³/mol. The summed E-state index contributed by atoms with van der Waals surface area (Å²) in [4.78, 5) is 7.95. The highest BCUT2D eigenvalue weighted by molar-refractivity contribution is 4.79. The molecule has 0 bridgehead atoms. The van der Waals surface area contributed by atoms with Crippen LogP contribution in [0.2, 0.25) is 0 Å². The van der Waals surface area contributed by atoms with E-state index in [1.807, 2.05) is 0 Å². The SMILES string of the molecule is CCN1CCN(CC)CC(CC(C)C)N(CC)CC1. The fourth-order valence-electron chi connectivity index (χ4n) is 3.14. The minimum atomic E-state index is 0.738. The zero-order valence-electron chi connectivity index (χ0n) is 13.9. The maximum absolute atomic E-state index is 2.70. The van der Waals surface area contributed by atoms with Crippen molar-refractivity contribution in [2.45, 2.75) is 47.1 Å². The molecule has 1 rings (SSSR count). The summed E-state index contributed by atoms with van der Waals surface area (Å²) in [7, 11) is 0. The molecule has 0 aromatic carbocycles. The van der Waals surface area contributed by atoms with Crippen LogP contribution in [0.3, 0.4) is 0 Å². The first-order valence-electron chi connectivity index (χ1n) is 8.29. The lowest BCUT2D eigenvalue weighted by Crippen LogP contribution is -2.45. The molecule has 0 spiro atoms. The quantitative estimate of drug-likeness (QED) is 0.759. The molecule has 1 fully saturated rings. The number of nitrogens with zero attached hydrogens (tertiary/aromatic N) is 3. The Balaban J connectivity index is 2.74. The standard InChI is InChI=1S/C16H35N3/c1-6-17-9-10-18(7-2)14-16(13-15(4)5)19(8-3)12-11-17/h15-16H,6-14H2,1-5H3. The van der Waals surface area contributed by atoms with Crippen LogP contribution in [-0.4, -0.2) is 73.1 Å². The van der Waals surface area contributed by atoms with Crippen LogP contribution in [0.4, 0.5) is 0 Å². The second kappa shape index (κ2) is 8.93. The Bertz CT molecular complexity index is 230. The van der Waals surface area contributed by atoms with Gasteiger partial charge < -0.3 is 9.80 Å². The van der Waals surface area contributed by atoms with Crippen molar-refractivity contribution in [3.63, 3.8) is 0 Å². The van der Waals surface area contributed by atoms with E-state index in [2.05, 4.69) is 49.3 Å². The predicted octanol–water partition coefficient (Wildman–Crippen LogP) is 2.38. The first-order chi connectivity index (χ1) is 9.10. The molecule has 1 aliphatic heterocycles. The van der Waals surface area contributed by atoms with Crippen LogP contribution in [0, 0.1) is 5.92 Å². The average molecular weight is 269 g/mol. The van der Waals surface area contributed by atoms with E-state index in [4.69, 9.17) is 0 Å². The van der Waals surface area contributed by atoms with E-state index in [0.29, 0.717) is 0 Å². The molecule has 0 N–H and O–H groups in total. The topological polar surface area (TPSA) is 9.72 Å². The summed E-state index contributed by atoms with van der Waals surface area (Å²) in [6, 6.07) is 0.738. The zero-order valence-corrected chi connectivity index (χ0v) is 13.9. The lowest BCUT2D eigenvalue weighted by Gasteiger charge is -2.34. The number of likely N-dealkylation sites (N-methyl/N-ethyl adjacent to an activating group) is 3. The third kappa shape index (κ3) is 5.80. The van der Waals surface area contributed by atoms with Crippen molar-refractivity contribution in [1.82, 2.24) is 14.7 Å². The van der Waals surface area contributed by atoms with Gasteiger partial charge in [-0.05, 0) is 32.0 Å². The highest BCUT2D eigenvalue weighted by Crippen LogP contribution is 2.14. The second-order valence-corrected chi connectivity index (χ2v) is 6.24. The fourth-order valence-corrected chi connectivity index (χ4v) is 3.14. The second-order valence-electron chi connectivity index (χ2n) is 6.24. The van der Waals surface area contributed by atoms with E-state index < -0.39 is 0 Å². The summed E-state index contributed by atoms with van der Waals surface area (Å²) in [6.45, 7) is 21.4. The van der Waals surface area contributed by atoms with Gasteiger partial charge in [0.05, 0.1) is 0 Å². The van der Waals surface area contributed by atoms with Gasteiger partial charge in [0.2, 0.25) is 0 Å². The molecule has 0 saturated carbocycles. The summed E-state index contributed by atoms with van der Waals surface area (Å²) in [5.74, 6) is 0.792. The van der Waals surface area contributed by atoms with Gasteiger partial charge in [-0.25, -0.2) is 0 Å². The first kappa shape index (κ1) is 16.9. The lowest BCUT2D eigenvalue weighted by molar-refractivity contribution is 0.138. The largest absolute Gasteiger partial charge is 0.301 e. The summed E-state index contributed by atoms with van der Waals surface area (Å²) in [5.41, 5.74) is 0. The minimum absolute atomic E-state index is 0.738. The molecule has 1 heterocycles. The molecule has 0 aromatic rings. The molecule has 3 nitrogen and oxygen atoms in total. The van der Waals surface area contributed by atoms with Crippen LogP contribution in [0.1, 0.15) is 41.0 Å². The molecule has 1 unspecified atom stereocenters. The van der Waals surface area contributed by atoms with Crippen LogP contribution >= 0.6 is 0 Å². The summed E-state index contributed by atoms with van der Waals surface area (Å²) in [5, 5.41) is 0. The molecule has 0 radical (unpaired) electrons. The molecule has 3 heteroatoms. The van der Waals surface area contributed by atoms with Gasteiger partial charge in [0.15, 0.2) is 0 Å². The summed E-state index contributed by atoms with van der Waals surface area (Å²) >= 11 is 0. The third-order valence-electron chi connectivity index (χ3n) is 4.47. The van der Waals surface area contributed by atoms with Crippen LogP contribution in [0.25, 0.3) is 0 Å². The molecule has 1 saturated heterocycles. The van der Waals surface area contributed by atoms with Gasteiger partial charge in [0.1, 0.15) is 0 Å². The molecule has 0 aromatic heterocycles. The van der Waals surface area contributed by atoms with E-state index in [0.717, 1.165) is 12.0 Å². The van der Waals surface area contributed by atoms with Gasteiger partial charge in [-0.15, -0.1) is 0 Å². The van der Waals surface area contributed by atoms with Crippen molar-refractivity contribution in [3.8, 4) is 0 Å². The van der Waals surface area contributed by atoms with E-state index in [-0.39, 0.29) is 0 Å². The Kier molecular flexibility index (Phi) is 7.96. The molecular weight excluding hydrogens is 234 g/mol. The third-order valence-corrected chi connectivity index (χ3v) is 4.47. The fraction of sp³-hybridized carbons (Fsp3) is 1.00. The summed E-state index contributed by atoms with van der Waals surface area (Å²) in [6.07, 6.45) is 1.33. The van der Waals surface area contributed by atoms with Crippen molar-refractivity contribution < 1.29 is 0 Å². The van der Waals surface area contributed by atoms with E-state index in [1.54, 1.807) is 0 Å². The van der Waals surface area contributed by atoms with Crippen LogP contribution in [0.5, 0.6) is 0 Å². The lowest BCUT2D eigenvalue weighted by atomic mass is 10.0. The zero-order chi connectivity index (χ0) is 14.3. The molecule has 0 amide bonds. The Morgan fingerprint density at radius 1 is 0.842 bits per heavy atom. The van der Waals surface area contributed by atoms with Crippen molar-refractivity contribution in [1.29, 1.82) is 0 Å². The Hall–Kier alpha value is -0.120. The molecular formula is C16H35N3. The van der Waals surface area contributed by atoms with Gasteiger partial charge in [-0.2, -0.15) is 0 Å². The van der Waals surface area contributed by atoms with E-state index in [9.17, 15) is 0 Å². The first-order valence-corrected chi connectivity index (χ1v) is 8.29. The molecule has 114 valence electrons. The van der Waals surface area contributed by atoms with Gasteiger partial charge in [-0.3, -0.25) is 4.90 Å². The Morgan fingerprint density at radius 3 is 1.95 bits per heavy atom. The highest BCUT2D eigenvalue weighted by Gasteiger charge is 2.23. The van der Waals surface area contributed by atoms with Crippen molar-refractivity contribution in [2.75, 3.05) is 52.4 Å². The smallest absolute Gasteiger partial charge is 0.0226 e. The van der Waals surface area contributed by atoms with Gasteiger partial charge in [-0.1, -0.05) is 34.6 Å².